The first kappa shape index (κ1) is 10.8. The molecular formula is C13H20N2S. The molecule has 0 amide bonds. The third-order valence-corrected chi connectivity index (χ3v) is 4.78. The van der Waals surface area contributed by atoms with E-state index in [0.717, 1.165) is 12.6 Å². The van der Waals surface area contributed by atoms with Gasteiger partial charge in [-0.1, -0.05) is 6.92 Å². The van der Waals surface area contributed by atoms with Gasteiger partial charge in [-0.3, -0.25) is 4.90 Å². The summed E-state index contributed by atoms with van der Waals surface area (Å²) in [6.45, 7) is 6.97. The minimum Gasteiger partial charge on any atom is -0.310 e. The highest BCUT2D eigenvalue weighted by molar-refractivity contribution is 7.10. The van der Waals surface area contributed by atoms with Crippen LogP contribution in [0.2, 0.25) is 0 Å². The minimum absolute atomic E-state index is 0.825. The summed E-state index contributed by atoms with van der Waals surface area (Å²) < 4.78 is 0. The van der Waals surface area contributed by atoms with Crippen LogP contribution in [-0.2, 0) is 19.5 Å². The van der Waals surface area contributed by atoms with E-state index in [4.69, 9.17) is 0 Å². The van der Waals surface area contributed by atoms with Crippen molar-refractivity contribution in [3.05, 3.63) is 21.4 Å². The number of likely N-dealkylation sites (N-methyl/N-ethyl adjacent to an activating group) is 1. The number of nitrogens with one attached hydrogen (secondary N) is 1. The maximum absolute atomic E-state index is 3.63. The second-order valence-electron chi connectivity index (χ2n) is 4.94. The summed E-state index contributed by atoms with van der Waals surface area (Å²) in [6, 6.07) is 0.825. The van der Waals surface area contributed by atoms with Gasteiger partial charge in [-0.2, -0.15) is 0 Å². The van der Waals surface area contributed by atoms with Gasteiger partial charge in [-0.25, -0.2) is 0 Å². The summed E-state index contributed by atoms with van der Waals surface area (Å²) in [5, 5.41) is 6.00. The van der Waals surface area contributed by atoms with Crippen molar-refractivity contribution in [2.24, 2.45) is 0 Å². The van der Waals surface area contributed by atoms with E-state index in [0.29, 0.717) is 0 Å². The fourth-order valence-corrected chi connectivity index (χ4v) is 3.55. The molecule has 0 saturated heterocycles. The van der Waals surface area contributed by atoms with Gasteiger partial charge in [-0.15, -0.1) is 11.3 Å². The molecule has 3 heteroatoms. The molecule has 16 heavy (non-hydrogen) atoms. The third kappa shape index (κ3) is 2.17. The fourth-order valence-electron chi connectivity index (χ4n) is 2.41. The fraction of sp³-hybridized carbons (Fsp3) is 0.692. The molecule has 1 aromatic heterocycles. The predicted octanol–water partition coefficient (Wildman–Crippen LogP) is 2.38. The van der Waals surface area contributed by atoms with Gasteiger partial charge in [0.15, 0.2) is 0 Å². The maximum atomic E-state index is 3.63. The van der Waals surface area contributed by atoms with E-state index in [1.807, 2.05) is 11.3 Å². The van der Waals surface area contributed by atoms with Crippen LogP contribution < -0.4 is 5.32 Å². The van der Waals surface area contributed by atoms with Crippen LogP contribution >= 0.6 is 11.3 Å². The van der Waals surface area contributed by atoms with Crippen LogP contribution in [0.15, 0.2) is 5.38 Å². The number of thiophene rings is 1. The average molecular weight is 236 g/mol. The van der Waals surface area contributed by atoms with Crippen LogP contribution in [0.25, 0.3) is 0 Å². The average Bonchev–Trinajstić information content (AvgIpc) is 3.06. The van der Waals surface area contributed by atoms with Crippen LogP contribution in [0.4, 0.5) is 0 Å². The quantitative estimate of drug-likeness (QED) is 0.863. The molecule has 1 aliphatic heterocycles. The van der Waals surface area contributed by atoms with E-state index in [1.165, 1.54) is 38.9 Å². The molecule has 2 nitrogen and oxygen atoms in total. The van der Waals surface area contributed by atoms with Gasteiger partial charge in [0, 0.05) is 30.6 Å². The predicted molar refractivity (Wildman–Crippen MR) is 68.8 cm³/mol. The van der Waals surface area contributed by atoms with Crippen LogP contribution in [0.5, 0.6) is 0 Å². The molecule has 1 saturated carbocycles. The number of hydrogen-bond donors (Lipinski definition) is 1. The first-order chi connectivity index (χ1) is 7.86. The van der Waals surface area contributed by atoms with E-state index in [2.05, 4.69) is 22.5 Å². The lowest BCUT2D eigenvalue weighted by molar-refractivity contribution is 0.271. The molecule has 2 aliphatic rings. The van der Waals surface area contributed by atoms with Gasteiger partial charge in [0.25, 0.3) is 0 Å². The molecule has 0 spiro atoms. The Bertz CT molecular complexity index is 368. The molecular weight excluding hydrogens is 216 g/mol. The Balaban J connectivity index is 1.68. The van der Waals surface area contributed by atoms with Crippen LogP contribution in [0.1, 0.15) is 35.8 Å². The zero-order valence-electron chi connectivity index (χ0n) is 9.96. The van der Waals surface area contributed by atoms with Crippen molar-refractivity contribution < 1.29 is 0 Å². The summed E-state index contributed by atoms with van der Waals surface area (Å²) in [5.74, 6) is 0. The van der Waals surface area contributed by atoms with Gasteiger partial charge in [0.2, 0.25) is 0 Å². The molecule has 3 rings (SSSR count). The van der Waals surface area contributed by atoms with E-state index in [9.17, 15) is 0 Å². The van der Waals surface area contributed by atoms with Gasteiger partial charge in [-0.05, 0) is 42.3 Å². The molecule has 88 valence electrons. The number of rotatable bonds is 4. The SMILES string of the molecule is CCN1CCc2c(CNC3CC3)csc2C1. The lowest BCUT2D eigenvalue weighted by atomic mass is 10.0. The largest absolute Gasteiger partial charge is 0.310 e. The molecule has 0 aromatic carbocycles. The van der Waals surface area contributed by atoms with E-state index in [1.54, 1.807) is 16.0 Å². The number of fused-ring (bicyclic) bond motifs is 1. The summed E-state index contributed by atoms with van der Waals surface area (Å²) in [4.78, 5) is 4.15. The smallest absolute Gasteiger partial charge is 0.0330 e. The lowest BCUT2D eigenvalue weighted by Gasteiger charge is -2.25. The van der Waals surface area contributed by atoms with Crippen molar-refractivity contribution in [1.29, 1.82) is 0 Å². The van der Waals surface area contributed by atoms with E-state index >= 15 is 0 Å². The summed E-state index contributed by atoms with van der Waals surface area (Å²) in [6.07, 6.45) is 4.03. The van der Waals surface area contributed by atoms with Crippen molar-refractivity contribution in [2.75, 3.05) is 13.1 Å². The first-order valence-corrected chi connectivity index (χ1v) is 7.28. The van der Waals surface area contributed by atoms with Crippen molar-refractivity contribution in [3.63, 3.8) is 0 Å². The molecule has 1 aliphatic carbocycles. The van der Waals surface area contributed by atoms with Crippen LogP contribution in [-0.4, -0.2) is 24.0 Å². The molecule has 1 aromatic rings. The zero-order valence-corrected chi connectivity index (χ0v) is 10.8. The first-order valence-electron chi connectivity index (χ1n) is 6.40. The Kier molecular flexibility index (Phi) is 3.01. The minimum atomic E-state index is 0.825. The zero-order chi connectivity index (χ0) is 11.0. The van der Waals surface area contributed by atoms with Crippen molar-refractivity contribution in [3.8, 4) is 0 Å². The molecule has 0 radical (unpaired) electrons. The number of hydrogen-bond acceptors (Lipinski definition) is 3. The Morgan fingerprint density at radius 1 is 1.50 bits per heavy atom. The Morgan fingerprint density at radius 2 is 2.38 bits per heavy atom. The van der Waals surface area contributed by atoms with Gasteiger partial charge >= 0.3 is 0 Å². The molecule has 0 atom stereocenters. The van der Waals surface area contributed by atoms with Crippen molar-refractivity contribution >= 4 is 11.3 Å². The van der Waals surface area contributed by atoms with Gasteiger partial charge < -0.3 is 5.32 Å². The molecule has 0 bridgehead atoms. The maximum Gasteiger partial charge on any atom is 0.0330 e. The Morgan fingerprint density at radius 3 is 3.12 bits per heavy atom. The van der Waals surface area contributed by atoms with Crippen molar-refractivity contribution in [2.45, 2.75) is 45.3 Å². The number of nitrogens with zero attached hydrogens (tertiary/aromatic N) is 1. The molecule has 2 heterocycles. The van der Waals surface area contributed by atoms with Crippen LogP contribution in [0.3, 0.4) is 0 Å². The standard InChI is InChI=1S/C13H20N2S/c1-2-15-6-5-12-10(7-14-11-3-4-11)9-16-13(12)8-15/h9,11,14H,2-8H2,1H3. The lowest BCUT2D eigenvalue weighted by Crippen LogP contribution is -2.30. The topological polar surface area (TPSA) is 15.3 Å². The second kappa shape index (κ2) is 4.47. The van der Waals surface area contributed by atoms with E-state index < -0.39 is 0 Å². The highest BCUT2D eigenvalue weighted by atomic mass is 32.1. The second-order valence-corrected chi connectivity index (χ2v) is 5.90. The molecule has 1 fully saturated rings. The summed E-state index contributed by atoms with van der Waals surface area (Å²) in [7, 11) is 0. The highest BCUT2D eigenvalue weighted by Crippen LogP contribution is 2.29. The Labute approximate surface area is 102 Å². The van der Waals surface area contributed by atoms with E-state index in [-0.39, 0.29) is 0 Å². The third-order valence-electron chi connectivity index (χ3n) is 3.72. The Hall–Kier alpha value is -0.380. The van der Waals surface area contributed by atoms with Crippen molar-refractivity contribution in [1.82, 2.24) is 10.2 Å². The van der Waals surface area contributed by atoms with Gasteiger partial charge in [0.05, 0.1) is 0 Å². The summed E-state index contributed by atoms with van der Waals surface area (Å²) >= 11 is 1.96. The highest BCUT2D eigenvalue weighted by Gasteiger charge is 2.23. The normalized spacial score (nSPS) is 21.1. The van der Waals surface area contributed by atoms with Crippen LogP contribution in [0, 0.1) is 0 Å². The summed E-state index contributed by atoms with van der Waals surface area (Å²) in [5.41, 5.74) is 3.23. The van der Waals surface area contributed by atoms with Gasteiger partial charge in [0.1, 0.15) is 0 Å². The molecule has 0 unspecified atom stereocenters. The molecule has 1 N–H and O–H groups in total. The monoisotopic (exact) mass is 236 g/mol.